The van der Waals surface area contributed by atoms with Crippen LogP contribution in [-0.2, 0) is 0 Å². The number of carboxylic acid groups (broad SMARTS) is 1. The maximum Gasteiger partial charge on any atom is 1.00 e. The Morgan fingerprint density at radius 2 is 1.88 bits per heavy atom. The second-order valence-corrected chi connectivity index (χ2v) is 4.11. The van der Waals surface area contributed by atoms with Crippen molar-refractivity contribution >= 4 is 37.8 Å². The molecule has 0 aliphatic carbocycles. The van der Waals surface area contributed by atoms with Crippen molar-refractivity contribution in [2.75, 3.05) is 7.11 Å². The number of aromatic carboxylic acids is 1. The van der Waals surface area contributed by atoms with Crippen LogP contribution in [0.4, 0.5) is 0 Å². The fourth-order valence-electron chi connectivity index (χ4n) is 1.01. The van der Waals surface area contributed by atoms with Crippen molar-refractivity contribution in [3.05, 3.63) is 14.5 Å². The second-order valence-electron chi connectivity index (χ2n) is 2.52. The van der Waals surface area contributed by atoms with E-state index in [9.17, 15) is 15.0 Å². The van der Waals surface area contributed by atoms with E-state index in [-0.39, 0.29) is 44.3 Å². The Morgan fingerprint density at radius 3 is 2.25 bits per heavy atom. The average Bonchev–Trinajstić information content (AvgIpc) is 2.16. The summed E-state index contributed by atoms with van der Waals surface area (Å²) in [6, 6.07) is 0. The van der Waals surface area contributed by atoms with Gasteiger partial charge in [-0.3, -0.25) is 0 Å². The van der Waals surface area contributed by atoms with Gasteiger partial charge in [0.15, 0.2) is 0 Å². The van der Waals surface area contributed by atoms with Crippen molar-refractivity contribution in [2.45, 2.75) is 0 Å². The fraction of sp³-hybridized carbons (Fsp3) is 0.125. The van der Waals surface area contributed by atoms with Gasteiger partial charge in [0.25, 0.3) is 0 Å². The van der Waals surface area contributed by atoms with E-state index in [4.69, 9.17) is 9.84 Å². The number of ether oxygens (including phenoxy) is 1. The summed E-state index contributed by atoms with van der Waals surface area (Å²) < 4.78 is 4.80. The zero-order valence-electron chi connectivity index (χ0n) is 8.38. The fourth-order valence-corrected chi connectivity index (χ4v) is 2.39. The van der Waals surface area contributed by atoms with Gasteiger partial charge in [0, 0.05) is 0 Å². The number of rotatable bonds is 2. The molecule has 2 N–H and O–H groups in total. The molecule has 82 valence electrons. The maximum absolute atomic E-state index is 11.5. The van der Waals surface area contributed by atoms with E-state index in [0.717, 1.165) is 0 Å². The van der Waals surface area contributed by atoms with Crippen LogP contribution in [0.25, 0.3) is 0 Å². The van der Waals surface area contributed by atoms with E-state index in [1.807, 2.05) is 0 Å². The molecule has 0 unspecified atom stereocenters. The molecule has 0 aliphatic heterocycles. The average molecular weight is 364 g/mol. The Labute approximate surface area is 130 Å². The molecule has 0 bridgehead atoms. The molecule has 0 aliphatic rings. The first-order valence-electron chi connectivity index (χ1n) is 3.60. The molecule has 1 rings (SSSR count). The van der Waals surface area contributed by atoms with Crippen LogP contribution >= 0.6 is 31.9 Å². The number of halogens is 2. The van der Waals surface area contributed by atoms with Gasteiger partial charge >= 0.3 is 35.5 Å². The molecular formula is C8H5Br2NaO5. The topological polar surface area (TPSA) is 89.8 Å². The Bertz CT molecular complexity index is 406. The molecule has 0 heterocycles. The number of phenols is 1. The van der Waals surface area contributed by atoms with E-state index in [1.165, 1.54) is 7.11 Å². The predicted molar refractivity (Wildman–Crippen MR) is 56.5 cm³/mol. The number of aromatic hydroxyl groups is 1. The predicted octanol–water partition coefficient (Wildman–Crippen LogP) is -1.30. The third-order valence-electron chi connectivity index (χ3n) is 1.69. The molecule has 0 saturated heterocycles. The van der Waals surface area contributed by atoms with Gasteiger partial charge in [0.2, 0.25) is 0 Å². The number of carboxylic acids is 1. The van der Waals surface area contributed by atoms with Crippen LogP contribution in [0.3, 0.4) is 0 Å². The third-order valence-corrected chi connectivity index (χ3v) is 3.14. The molecule has 0 atom stereocenters. The molecule has 0 amide bonds. The molecule has 0 radical (unpaired) electrons. The molecular weight excluding hydrogens is 359 g/mol. The summed E-state index contributed by atoms with van der Waals surface area (Å²) >= 11 is 5.84. The summed E-state index contributed by atoms with van der Waals surface area (Å²) in [7, 11) is 1.30. The Balaban J connectivity index is 0.00000225. The summed E-state index contributed by atoms with van der Waals surface area (Å²) in [5.41, 5.74) is -0.699. The molecule has 0 saturated carbocycles. The number of methoxy groups -OCH3 is 1. The minimum absolute atomic E-state index is 0. The number of hydrogen-bond donors (Lipinski definition) is 2. The van der Waals surface area contributed by atoms with E-state index in [1.54, 1.807) is 0 Å². The third kappa shape index (κ3) is 2.65. The Morgan fingerprint density at radius 1 is 1.38 bits per heavy atom. The van der Waals surface area contributed by atoms with Gasteiger partial charge in [-0.2, -0.15) is 0 Å². The van der Waals surface area contributed by atoms with Crippen LogP contribution in [0.2, 0.25) is 0 Å². The number of carbonyl (C=O) groups is 1. The molecule has 8 heteroatoms. The molecule has 16 heavy (non-hydrogen) atoms. The number of hydrogen-bond acceptors (Lipinski definition) is 4. The zero-order chi connectivity index (χ0) is 11.7. The largest absolute Gasteiger partial charge is 1.00 e. The Hall–Kier alpha value is 0.0500. The van der Waals surface area contributed by atoms with Crippen LogP contribution in [-0.4, -0.2) is 23.3 Å². The van der Waals surface area contributed by atoms with E-state index in [2.05, 4.69) is 31.9 Å². The molecule has 0 spiro atoms. The van der Waals surface area contributed by atoms with Crippen molar-refractivity contribution in [3.63, 3.8) is 0 Å². The second kappa shape index (κ2) is 6.11. The van der Waals surface area contributed by atoms with Crippen molar-refractivity contribution in [2.24, 2.45) is 0 Å². The van der Waals surface area contributed by atoms with Gasteiger partial charge in [0.05, 0.1) is 17.1 Å². The summed E-state index contributed by atoms with van der Waals surface area (Å²) in [6.07, 6.45) is 0. The first-order chi connectivity index (χ1) is 6.91. The normalized spacial score (nSPS) is 9.44. The summed E-state index contributed by atoms with van der Waals surface area (Å²) in [4.78, 5) is 10.7. The van der Waals surface area contributed by atoms with Gasteiger partial charge in [-0.25, -0.2) is 4.79 Å². The minimum Gasteiger partial charge on any atom is -0.871 e. The monoisotopic (exact) mass is 362 g/mol. The summed E-state index contributed by atoms with van der Waals surface area (Å²) in [5.74, 6) is -2.92. The van der Waals surface area contributed by atoms with Crippen molar-refractivity contribution in [1.82, 2.24) is 0 Å². The van der Waals surface area contributed by atoms with Crippen LogP contribution in [0.15, 0.2) is 8.95 Å². The van der Waals surface area contributed by atoms with E-state index < -0.39 is 23.0 Å². The van der Waals surface area contributed by atoms with Gasteiger partial charge in [-0.05, 0) is 31.9 Å². The van der Waals surface area contributed by atoms with Crippen molar-refractivity contribution in [1.29, 1.82) is 0 Å². The molecule has 0 aromatic heterocycles. The quantitative estimate of drug-likeness (QED) is 0.638. The van der Waals surface area contributed by atoms with Crippen LogP contribution in [0.1, 0.15) is 10.4 Å². The van der Waals surface area contributed by atoms with Gasteiger partial charge < -0.3 is 20.1 Å². The first kappa shape index (κ1) is 16.1. The van der Waals surface area contributed by atoms with E-state index >= 15 is 0 Å². The molecule has 1 aromatic carbocycles. The first-order valence-corrected chi connectivity index (χ1v) is 5.18. The molecule has 5 nitrogen and oxygen atoms in total. The van der Waals surface area contributed by atoms with Crippen molar-refractivity contribution in [3.8, 4) is 17.2 Å². The van der Waals surface area contributed by atoms with E-state index in [0.29, 0.717) is 0 Å². The summed E-state index contributed by atoms with van der Waals surface area (Å²) in [6.45, 7) is 0. The van der Waals surface area contributed by atoms with Gasteiger partial charge in [-0.15, -0.1) is 0 Å². The van der Waals surface area contributed by atoms with Crippen molar-refractivity contribution < 1.29 is 54.4 Å². The van der Waals surface area contributed by atoms with Crippen LogP contribution < -0.4 is 39.4 Å². The standard InChI is InChI=1S/C8H6Br2O5.Na/c1-15-7-3(9)5(11)2(8(13)14)6(12)4(7)10;/h11-12H,1H3,(H,13,14);/q;+1/p-1. The van der Waals surface area contributed by atoms with Gasteiger partial charge in [0.1, 0.15) is 16.0 Å². The van der Waals surface area contributed by atoms with Crippen LogP contribution in [0.5, 0.6) is 17.2 Å². The maximum atomic E-state index is 11.5. The number of benzene rings is 1. The minimum atomic E-state index is -1.50. The molecule has 0 fully saturated rings. The SMILES string of the molecule is COc1c(Br)c([O-])c(C(=O)O)c(O)c1Br.[Na+]. The van der Waals surface area contributed by atoms with Crippen LogP contribution in [0, 0.1) is 0 Å². The van der Waals surface area contributed by atoms with Gasteiger partial charge in [-0.1, -0.05) is 5.75 Å². The Kier molecular flexibility index (Phi) is 6.13. The zero-order valence-corrected chi connectivity index (χ0v) is 13.5. The molecule has 1 aromatic rings. The smallest absolute Gasteiger partial charge is 0.871 e. The summed E-state index contributed by atoms with van der Waals surface area (Å²) in [5, 5.41) is 29.6.